The molecule has 0 aliphatic carbocycles. The summed E-state index contributed by atoms with van der Waals surface area (Å²) < 4.78 is 4.96. The fourth-order valence-electron chi connectivity index (χ4n) is 1.07. The first-order valence-corrected chi connectivity index (χ1v) is 5.59. The van der Waals surface area contributed by atoms with Crippen molar-refractivity contribution in [2.75, 3.05) is 19.7 Å². The average Bonchev–Trinajstić information content (AvgIpc) is 2.24. The summed E-state index contributed by atoms with van der Waals surface area (Å²) >= 11 is 0. The van der Waals surface area contributed by atoms with E-state index in [9.17, 15) is 9.59 Å². The topological polar surface area (TPSA) is 46.6 Å². The van der Waals surface area contributed by atoms with Crippen LogP contribution >= 0.6 is 0 Å². The van der Waals surface area contributed by atoms with Gasteiger partial charge in [0, 0.05) is 6.54 Å². The van der Waals surface area contributed by atoms with Gasteiger partial charge in [0.05, 0.1) is 6.61 Å². The maximum Gasteiger partial charge on any atom is 0.325 e. The SMILES string of the molecule is CCCCOC(=O)CN(C=O)CCCC. The van der Waals surface area contributed by atoms with Crippen LogP contribution in [-0.4, -0.2) is 37.0 Å². The second-order valence-electron chi connectivity index (χ2n) is 3.50. The summed E-state index contributed by atoms with van der Waals surface area (Å²) in [6, 6.07) is 0. The van der Waals surface area contributed by atoms with Crippen molar-refractivity contribution in [3.05, 3.63) is 0 Å². The standard InChI is InChI=1S/C11H21NO3/c1-3-5-7-12(10-13)9-11(14)15-8-6-4-2/h10H,3-9H2,1-2H3. The lowest BCUT2D eigenvalue weighted by atomic mass is 10.3. The number of unbranched alkanes of at least 4 members (excludes halogenated alkanes) is 2. The Morgan fingerprint density at radius 3 is 2.47 bits per heavy atom. The highest BCUT2D eigenvalue weighted by Gasteiger charge is 2.08. The normalized spacial score (nSPS) is 9.73. The zero-order chi connectivity index (χ0) is 11.5. The minimum atomic E-state index is -0.313. The quantitative estimate of drug-likeness (QED) is 0.333. The molecule has 0 bridgehead atoms. The predicted molar refractivity (Wildman–Crippen MR) is 58.4 cm³/mol. The fourth-order valence-corrected chi connectivity index (χ4v) is 1.07. The number of hydrogen-bond donors (Lipinski definition) is 0. The molecule has 15 heavy (non-hydrogen) atoms. The molecular formula is C11H21NO3. The van der Waals surface area contributed by atoms with Crippen molar-refractivity contribution in [1.82, 2.24) is 4.90 Å². The summed E-state index contributed by atoms with van der Waals surface area (Å²) in [5, 5.41) is 0. The van der Waals surface area contributed by atoms with E-state index >= 15 is 0 Å². The first-order valence-electron chi connectivity index (χ1n) is 5.59. The molecule has 0 fully saturated rings. The number of nitrogens with zero attached hydrogens (tertiary/aromatic N) is 1. The van der Waals surface area contributed by atoms with Crippen LogP contribution in [0, 0.1) is 0 Å². The highest BCUT2D eigenvalue weighted by Crippen LogP contribution is 1.94. The molecule has 0 aromatic carbocycles. The first kappa shape index (κ1) is 13.9. The van der Waals surface area contributed by atoms with Crippen LogP contribution in [0.2, 0.25) is 0 Å². The number of carbonyl (C=O) groups excluding carboxylic acids is 2. The maximum atomic E-state index is 11.2. The number of hydrogen-bond acceptors (Lipinski definition) is 3. The van der Waals surface area contributed by atoms with Gasteiger partial charge in [0.15, 0.2) is 0 Å². The van der Waals surface area contributed by atoms with Gasteiger partial charge in [-0.25, -0.2) is 0 Å². The van der Waals surface area contributed by atoms with Crippen LogP contribution in [-0.2, 0) is 14.3 Å². The minimum Gasteiger partial charge on any atom is -0.464 e. The summed E-state index contributed by atoms with van der Waals surface area (Å²) in [6.07, 6.45) is 4.51. The van der Waals surface area contributed by atoms with E-state index in [0.717, 1.165) is 25.7 Å². The second kappa shape index (κ2) is 9.49. The zero-order valence-electron chi connectivity index (χ0n) is 9.70. The molecule has 0 saturated carbocycles. The summed E-state index contributed by atoms with van der Waals surface area (Å²) in [6.45, 7) is 5.24. The molecule has 0 aliphatic rings. The van der Waals surface area contributed by atoms with Crippen LogP contribution in [0.4, 0.5) is 0 Å². The largest absolute Gasteiger partial charge is 0.464 e. The van der Waals surface area contributed by atoms with Crippen molar-refractivity contribution in [1.29, 1.82) is 0 Å². The molecule has 0 unspecified atom stereocenters. The van der Waals surface area contributed by atoms with E-state index in [2.05, 4.69) is 0 Å². The summed E-state index contributed by atoms with van der Waals surface area (Å²) in [5.74, 6) is -0.313. The van der Waals surface area contributed by atoms with Gasteiger partial charge < -0.3 is 9.64 Å². The van der Waals surface area contributed by atoms with Gasteiger partial charge in [-0.2, -0.15) is 0 Å². The Labute approximate surface area is 91.6 Å². The van der Waals surface area contributed by atoms with Crippen molar-refractivity contribution in [2.45, 2.75) is 39.5 Å². The van der Waals surface area contributed by atoms with E-state index in [1.165, 1.54) is 4.90 Å². The maximum absolute atomic E-state index is 11.2. The van der Waals surface area contributed by atoms with Gasteiger partial charge >= 0.3 is 5.97 Å². The van der Waals surface area contributed by atoms with E-state index < -0.39 is 0 Å². The van der Waals surface area contributed by atoms with E-state index in [-0.39, 0.29) is 12.5 Å². The van der Waals surface area contributed by atoms with Crippen LogP contribution in [0.3, 0.4) is 0 Å². The lowest BCUT2D eigenvalue weighted by molar-refractivity contribution is -0.146. The van der Waals surface area contributed by atoms with Crippen molar-refractivity contribution in [2.24, 2.45) is 0 Å². The lowest BCUT2D eigenvalue weighted by Crippen LogP contribution is -2.30. The molecule has 0 atom stereocenters. The Kier molecular flexibility index (Phi) is 8.82. The molecule has 0 heterocycles. The number of esters is 1. The third-order valence-corrected chi connectivity index (χ3v) is 2.04. The van der Waals surface area contributed by atoms with Gasteiger partial charge in [-0.05, 0) is 12.8 Å². The molecule has 0 N–H and O–H groups in total. The number of ether oxygens (including phenoxy) is 1. The van der Waals surface area contributed by atoms with Crippen molar-refractivity contribution in [3.63, 3.8) is 0 Å². The average molecular weight is 215 g/mol. The Hall–Kier alpha value is -1.06. The van der Waals surface area contributed by atoms with E-state index in [4.69, 9.17) is 4.74 Å². The Morgan fingerprint density at radius 2 is 1.93 bits per heavy atom. The number of rotatable bonds is 9. The Morgan fingerprint density at radius 1 is 1.27 bits per heavy atom. The molecule has 0 spiro atoms. The molecular weight excluding hydrogens is 194 g/mol. The molecule has 0 aromatic heterocycles. The van der Waals surface area contributed by atoms with Crippen LogP contribution in [0.1, 0.15) is 39.5 Å². The van der Waals surface area contributed by atoms with Crippen LogP contribution in [0.15, 0.2) is 0 Å². The van der Waals surface area contributed by atoms with Gasteiger partial charge in [-0.15, -0.1) is 0 Å². The van der Waals surface area contributed by atoms with Crippen molar-refractivity contribution < 1.29 is 14.3 Å². The van der Waals surface area contributed by atoms with Crippen molar-refractivity contribution >= 4 is 12.4 Å². The monoisotopic (exact) mass is 215 g/mol. The Bertz CT molecular complexity index is 183. The summed E-state index contributed by atoms with van der Waals surface area (Å²) in [7, 11) is 0. The third kappa shape index (κ3) is 7.97. The van der Waals surface area contributed by atoms with Gasteiger partial charge in [-0.3, -0.25) is 9.59 Å². The van der Waals surface area contributed by atoms with Gasteiger partial charge in [0.2, 0.25) is 6.41 Å². The molecule has 4 nitrogen and oxygen atoms in total. The highest BCUT2D eigenvalue weighted by atomic mass is 16.5. The summed E-state index contributed by atoms with van der Waals surface area (Å²) in [5.41, 5.74) is 0. The number of carbonyl (C=O) groups is 2. The molecule has 0 radical (unpaired) electrons. The van der Waals surface area contributed by atoms with Crippen molar-refractivity contribution in [3.8, 4) is 0 Å². The van der Waals surface area contributed by atoms with Crippen LogP contribution in [0.25, 0.3) is 0 Å². The third-order valence-electron chi connectivity index (χ3n) is 2.04. The molecule has 4 heteroatoms. The van der Waals surface area contributed by atoms with Crippen LogP contribution < -0.4 is 0 Å². The zero-order valence-corrected chi connectivity index (χ0v) is 9.70. The van der Waals surface area contributed by atoms with Gasteiger partial charge in [0.1, 0.15) is 6.54 Å². The first-order chi connectivity index (χ1) is 7.24. The molecule has 88 valence electrons. The van der Waals surface area contributed by atoms with E-state index in [1.807, 2.05) is 13.8 Å². The Balaban J connectivity index is 3.65. The fraction of sp³-hybridized carbons (Fsp3) is 0.818. The van der Waals surface area contributed by atoms with E-state index in [0.29, 0.717) is 19.6 Å². The van der Waals surface area contributed by atoms with Gasteiger partial charge in [-0.1, -0.05) is 26.7 Å². The molecule has 0 aromatic rings. The molecule has 0 aliphatic heterocycles. The molecule has 1 amide bonds. The minimum absolute atomic E-state index is 0.0766. The molecule has 0 rings (SSSR count). The van der Waals surface area contributed by atoms with Crippen LogP contribution in [0.5, 0.6) is 0 Å². The summed E-state index contributed by atoms with van der Waals surface area (Å²) in [4.78, 5) is 23.3. The van der Waals surface area contributed by atoms with E-state index in [1.54, 1.807) is 0 Å². The second-order valence-corrected chi connectivity index (χ2v) is 3.50. The predicted octanol–water partition coefficient (Wildman–Crippen LogP) is 1.59. The molecule has 0 saturated heterocycles. The van der Waals surface area contributed by atoms with Gasteiger partial charge in [0.25, 0.3) is 0 Å². The number of amides is 1. The smallest absolute Gasteiger partial charge is 0.325 e. The highest BCUT2D eigenvalue weighted by molar-refractivity contribution is 5.74. The lowest BCUT2D eigenvalue weighted by Gasteiger charge is -2.15.